The van der Waals surface area contributed by atoms with Crippen molar-refractivity contribution in [2.45, 2.75) is 27.0 Å². The van der Waals surface area contributed by atoms with Gasteiger partial charge in [0.25, 0.3) is 0 Å². The van der Waals surface area contributed by atoms with Gasteiger partial charge in [-0.1, -0.05) is 18.2 Å². The Hall–Kier alpha value is -3.56. The molecule has 0 saturated carbocycles. The van der Waals surface area contributed by atoms with Gasteiger partial charge < -0.3 is 9.64 Å². The van der Waals surface area contributed by atoms with E-state index >= 15 is 0 Å². The van der Waals surface area contributed by atoms with E-state index in [4.69, 9.17) is 15.6 Å². The highest BCUT2D eigenvalue weighted by molar-refractivity contribution is 5.89. The highest BCUT2D eigenvalue weighted by atomic mass is 16.5. The molecule has 0 amide bonds. The highest BCUT2D eigenvalue weighted by Crippen LogP contribution is 2.42. The lowest BCUT2D eigenvalue weighted by Crippen LogP contribution is -2.33. The second-order valence-corrected chi connectivity index (χ2v) is 7.83. The largest absolute Gasteiger partial charge is 0.453 e. The van der Waals surface area contributed by atoms with Crippen LogP contribution in [0.3, 0.4) is 0 Å². The van der Waals surface area contributed by atoms with Crippen molar-refractivity contribution in [3.05, 3.63) is 76.0 Å². The van der Waals surface area contributed by atoms with Gasteiger partial charge in [0, 0.05) is 25.4 Å². The predicted molar refractivity (Wildman–Crippen MR) is 119 cm³/mol. The Morgan fingerprint density at radius 3 is 2.37 bits per heavy atom. The van der Waals surface area contributed by atoms with Crippen LogP contribution in [0.25, 0.3) is 11.3 Å². The van der Waals surface area contributed by atoms with Crippen LogP contribution in [0.5, 0.6) is 5.88 Å². The van der Waals surface area contributed by atoms with Crippen molar-refractivity contribution in [2.75, 3.05) is 19.0 Å². The summed E-state index contributed by atoms with van der Waals surface area (Å²) in [5.74, 6) is 0.564. The number of aryl methyl sites for hydroxylation is 3. The van der Waals surface area contributed by atoms with E-state index in [-0.39, 0.29) is 0 Å². The first kappa shape index (κ1) is 19.7. The number of fused-ring (bicyclic) bond motifs is 1. The fourth-order valence-corrected chi connectivity index (χ4v) is 3.74. The number of aromatic nitrogens is 2. The Bertz CT molecular complexity index is 1200. The van der Waals surface area contributed by atoms with Crippen LogP contribution >= 0.6 is 0 Å². The zero-order chi connectivity index (χ0) is 21.6. The molecule has 0 saturated heterocycles. The predicted octanol–water partition coefficient (Wildman–Crippen LogP) is 3.87. The van der Waals surface area contributed by atoms with Crippen LogP contribution in [0.1, 0.15) is 27.9 Å². The van der Waals surface area contributed by atoms with E-state index in [1.54, 1.807) is 4.68 Å². The molecule has 0 spiro atoms. The van der Waals surface area contributed by atoms with Gasteiger partial charge in [-0.3, -0.25) is 5.73 Å². The molecule has 1 aliphatic rings. The van der Waals surface area contributed by atoms with E-state index in [1.807, 2.05) is 56.3 Å². The molecule has 0 radical (unpaired) electrons. The van der Waals surface area contributed by atoms with Crippen molar-refractivity contribution in [3.63, 3.8) is 0 Å². The molecule has 6 nitrogen and oxygen atoms in total. The molecule has 1 unspecified atom stereocenters. The molecule has 2 N–H and O–H groups in total. The molecule has 0 aliphatic carbocycles. The van der Waals surface area contributed by atoms with E-state index in [2.05, 4.69) is 32.0 Å². The van der Waals surface area contributed by atoms with E-state index in [0.29, 0.717) is 11.5 Å². The Labute approximate surface area is 176 Å². The molecule has 2 aromatic carbocycles. The first-order chi connectivity index (χ1) is 14.3. The van der Waals surface area contributed by atoms with Gasteiger partial charge in [0.15, 0.2) is 6.23 Å². The maximum atomic E-state index is 9.84. The summed E-state index contributed by atoms with van der Waals surface area (Å²) in [6.07, 6.45) is -0.854. The summed E-state index contributed by atoms with van der Waals surface area (Å²) in [5.41, 5.74) is 14.3. The van der Waals surface area contributed by atoms with Crippen molar-refractivity contribution >= 4 is 11.3 Å². The lowest BCUT2D eigenvalue weighted by Gasteiger charge is -2.25. The van der Waals surface area contributed by atoms with Gasteiger partial charge in [0.1, 0.15) is 6.07 Å². The Balaban J connectivity index is 1.93. The van der Waals surface area contributed by atoms with Crippen molar-refractivity contribution in [1.82, 2.24) is 9.78 Å². The van der Waals surface area contributed by atoms with Crippen LogP contribution in [0, 0.1) is 32.1 Å². The maximum absolute atomic E-state index is 9.84. The number of anilines is 1. The van der Waals surface area contributed by atoms with Gasteiger partial charge in [-0.25, -0.2) is 4.68 Å². The second kappa shape index (κ2) is 7.36. The van der Waals surface area contributed by atoms with Crippen molar-refractivity contribution in [3.8, 4) is 17.6 Å². The Kier molecular flexibility index (Phi) is 4.84. The first-order valence-corrected chi connectivity index (χ1v) is 9.83. The summed E-state index contributed by atoms with van der Waals surface area (Å²) in [7, 11) is 3.99. The Morgan fingerprint density at radius 1 is 1.07 bits per heavy atom. The maximum Gasteiger partial charge on any atom is 0.226 e. The topological polar surface area (TPSA) is 80.1 Å². The summed E-state index contributed by atoms with van der Waals surface area (Å²) in [6, 6.07) is 16.5. The molecular formula is C24H25N5O. The molecule has 0 bridgehead atoms. The third kappa shape index (κ3) is 3.14. The molecule has 1 aliphatic heterocycles. The van der Waals surface area contributed by atoms with Gasteiger partial charge in [-0.15, -0.1) is 0 Å². The normalized spacial score (nSPS) is 15.4. The van der Waals surface area contributed by atoms with Crippen LogP contribution in [0.15, 0.2) is 48.0 Å². The highest BCUT2D eigenvalue weighted by Gasteiger charge is 2.33. The van der Waals surface area contributed by atoms with Gasteiger partial charge >= 0.3 is 0 Å². The fourth-order valence-electron chi connectivity index (χ4n) is 3.74. The minimum Gasteiger partial charge on any atom is -0.453 e. The van der Waals surface area contributed by atoms with Crippen LogP contribution in [0.4, 0.5) is 5.69 Å². The van der Waals surface area contributed by atoms with Crippen LogP contribution in [0.2, 0.25) is 0 Å². The standard InChI is InChI=1S/C24H25N5O/c1-14-6-9-19(12-15(14)2)29-24-21(16(3)27-29)22(20(13-25)23(26)30-24)17-7-10-18(11-8-17)28(4)5/h6-12,23H,26H2,1-5H3. The zero-order valence-corrected chi connectivity index (χ0v) is 17.9. The number of nitrogens with zero attached hydrogens (tertiary/aromatic N) is 4. The van der Waals surface area contributed by atoms with Crippen LogP contribution < -0.4 is 15.4 Å². The van der Waals surface area contributed by atoms with E-state index < -0.39 is 6.23 Å². The second-order valence-electron chi connectivity index (χ2n) is 7.83. The summed E-state index contributed by atoms with van der Waals surface area (Å²) in [5, 5.41) is 14.6. The lowest BCUT2D eigenvalue weighted by molar-refractivity contribution is 0.228. The number of rotatable bonds is 3. The number of nitrogens with two attached hydrogens (primary N) is 1. The number of ether oxygens (including phenoxy) is 1. The molecule has 0 fully saturated rings. The first-order valence-electron chi connectivity index (χ1n) is 9.83. The molecule has 30 heavy (non-hydrogen) atoms. The average Bonchev–Trinajstić information content (AvgIpc) is 3.05. The minimum absolute atomic E-state index is 0.405. The monoisotopic (exact) mass is 399 g/mol. The molecule has 152 valence electrons. The summed E-state index contributed by atoms with van der Waals surface area (Å²) in [4.78, 5) is 2.04. The molecule has 6 heteroatoms. The van der Waals surface area contributed by atoms with Crippen LogP contribution in [-0.4, -0.2) is 30.1 Å². The SMILES string of the molecule is Cc1ccc(-n2nc(C)c3c2OC(N)C(C#N)=C3c2ccc(N(C)C)cc2)cc1C. The van der Waals surface area contributed by atoms with Gasteiger partial charge in [-0.2, -0.15) is 10.4 Å². The number of nitriles is 1. The fraction of sp³-hybridized carbons (Fsp3) is 0.250. The van der Waals surface area contributed by atoms with Crippen molar-refractivity contribution in [2.24, 2.45) is 5.73 Å². The van der Waals surface area contributed by atoms with E-state index in [1.165, 1.54) is 11.1 Å². The van der Waals surface area contributed by atoms with Gasteiger partial charge in [-0.05, 0) is 61.7 Å². The molecule has 2 heterocycles. The summed E-state index contributed by atoms with van der Waals surface area (Å²) >= 11 is 0. The Morgan fingerprint density at radius 2 is 1.77 bits per heavy atom. The third-order valence-corrected chi connectivity index (χ3v) is 5.59. The number of hydrogen-bond donors (Lipinski definition) is 1. The van der Waals surface area contributed by atoms with Crippen molar-refractivity contribution < 1.29 is 4.74 Å². The van der Waals surface area contributed by atoms with Gasteiger partial charge in [0.05, 0.1) is 22.5 Å². The molecule has 1 atom stereocenters. The lowest BCUT2D eigenvalue weighted by atomic mass is 9.91. The average molecular weight is 399 g/mol. The number of benzene rings is 2. The smallest absolute Gasteiger partial charge is 0.226 e. The third-order valence-electron chi connectivity index (χ3n) is 5.59. The van der Waals surface area contributed by atoms with Gasteiger partial charge in [0.2, 0.25) is 5.88 Å². The molecule has 4 rings (SSSR count). The molecular weight excluding hydrogens is 374 g/mol. The molecule has 1 aromatic heterocycles. The summed E-state index contributed by atoms with van der Waals surface area (Å²) < 4.78 is 7.79. The van der Waals surface area contributed by atoms with Crippen LogP contribution in [-0.2, 0) is 0 Å². The quantitative estimate of drug-likeness (QED) is 0.723. The number of hydrogen-bond acceptors (Lipinski definition) is 5. The summed E-state index contributed by atoms with van der Waals surface area (Å²) in [6.45, 7) is 6.08. The minimum atomic E-state index is -0.854. The van der Waals surface area contributed by atoms with E-state index in [0.717, 1.165) is 33.8 Å². The van der Waals surface area contributed by atoms with E-state index in [9.17, 15) is 5.26 Å². The zero-order valence-electron chi connectivity index (χ0n) is 17.9. The molecule has 3 aromatic rings. The van der Waals surface area contributed by atoms with Crippen molar-refractivity contribution in [1.29, 1.82) is 5.26 Å².